The lowest BCUT2D eigenvalue weighted by molar-refractivity contribution is -0.120. The van der Waals surface area contributed by atoms with Gasteiger partial charge in [-0.1, -0.05) is 6.04 Å². The molecule has 1 amide bonds. The number of carbonyl (C=O) groups is 2. The Balaban J connectivity index is 0. The maximum Gasteiger partial charge on any atom is 0.216 e. The van der Waals surface area contributed by atoms with E-state index in [1.54, 1.807) is 0 Å². The van der Waals surface area contributed by atoms with E-state index in [0.29, 0.717) is 19.3 Å². The molecular formula is C11H20N2O2. The van der Waals surface area contributed by atoms with Crippen LogP contribution in [0.1, 0.15) is 25.7 Å². The monoisotopic (exact) mass is 212 g/mol. The molecule has 0 radical (unpaired) electrons. The maximum atomic E-state index is 10.3. The average Bonchev–Trinajstić information content (AvgIpc) is 2.24. The van der Waals surface area contributed by atoms with Crippen LogP contribution in [0.15, 0.2) is 0 Å². The highest BCUT2D eigenvalue weighted by atomic mass is 16.1. The number of amides is 1. The van der Waals surface area contributed by atoms with Gasteiger partial charge in [-0.15, -0.1) is 13.0 Å². The molecule has 0 unspecified atom stereocenters. The predicted octanol–water partition coefficient (Wildman–Crippen LogP) is 1.46. The molecule has 0 aliphatic heterocycles. The van der Waals surface area contributed by atoms with Gasteiger partial charge in [0.25, 0.3) is 0 Å². The summed E-state index contributed by atoms with van der Waals surface area (Å²) in [6.45, 7) is 11.1. The molecule has 0 aliphatic carbocycles. The molecule has 2 N–H and O–H groups in total. The Morgan fingerprint density at radius 2 is 2.00 bits per heavy atom. The van der Waals surface area contributed by atoms with Crippen molar-refractivity contribution < 1.29 is 9.59 Å². The third kappa shape index (κ3) is 15.6. The first-order valence-corrected chi connectivity index (χ1v) is 4.90. The second-order valence-corrected chi connectivity index (χ2v) is 2.84. The van der Waals surface area contributed by atoms with Crippen molar-refractivity contribution in [1.82, 2.24) is 0 Å². The number of unbranched alkanes of at least 4 members (excludes halogenated alkanes) is 1. The minimum Gasteiger partial charge on any atom is -0.650 e. The fourth-order valence-corrected chi connectivity index (χ4v) is 0.619. The minimum absolute atomic E-state index is 0.00347. The zero-order valence-corrected chi connectivity index (χ0v) is 9.15. The average molecular weight is 212 g/mol. The van der Waals surface area contributed by atoms with Crippen LogP contribution >= 0.6 is 0 Å². The molecule has 86 valence electrons. The Morgan fingerprint density at radius 1 is 1.47 bits per heavy atom. The van der Waals surface area contributed by atoms with Gasteiger partial charge in [0.15, 0.2) is 0 Å². The van der Waals surface area contributed by atoms with Gasteiger partial charge in [-0.25, -0.2) is 0 Å². The van der Waals surface area contributed by atoms with Gasteiger partial charge in [0.05, 0.1) is 26.7 Å². The van der Waals surface area contributed by atoms with Crippen molar-refractivity contribution >= 4 is 12.2 Å². The Hall–Kier alpha value is -1.16. The Bertz CT molecular complexity index is 159. The lowest BCUT2D eigenvalue weighted by Crippen LogP contribution is -2.21. The van der Waals surface area contributed by atoms with Crippen LogP contribution in [-0.4, -0.2) is 24.8 Å². The maximum absolute atomic E-state index is 10.3. The van der Waals surface area contributed by atoms with Crippen LogP contribution in [0.4, 0.5) is 0 Å². The summed E-state index contributed by atoms with van der Waals surface area (Å²) in [4.78, 5) is 20.5. The van der Waals surface area contributed by atoms with Crippen LogP contribution < -0.4 is 5.73 Å². The van der Waals surface area contributed by atoms with Crippen LogP contribution in [0.25, 0.3) is 5.32 Å². The van der Waals surface area contributed by atoms with Crippen molar-refractivity contribution in [3.63, 3.8) is 0 Å². The Labute approximate surface area is 92.6 Å². The van der Waals surface area contributed by atoms with E-state index in [-0.39, 0.29) is 6.42 Å². The quantitative estimate of drug-likeness (QED) is 0.512. The molecule has 0 saturated carbocycles. The molecule has 0 heterocycles. The molecule has 1 atom stereocenters. The zero-order valence-electron chi connectivity index (χ0n) is 9.15. The largest absolute Gasteiger partial charge is 0.650 e. The summed E-state index contributed by atoms with van der Waals surface area (Å²) in [6.07, 6.45) is 3.17. The highest BCUT2D eigenvalue weighted by molar-refractivity contribution is 5.79. The summed E-state index contributed by atoms with van der Waals surface area (Å²) in [7, 11) is 0. The van der Waals surface area contributed by atoms with Crippen LogP contribution in [0.3, 0.4) is 0 Å². The molecule has 0 aliphatic rings. The molecule has 0 aromatic heterocycles. The molecule has 0 fully saturated rings. The number of rotatable bonds is 7. The van der Waals surface area contributed by atoms with Crippen molar-refractivity contribution in [2.24, 2.45) is 5.73 Å². The summed E-state index contributed by atoms with van der Waals surface area (Å²) in [5.74, 6) is -0.505. The minimum atomic E-state index is -0.575. The topological polar surface area (TPSA) is 74.3 Å². The van der Waals surface area contributed by atoms with E-state index in [4.69, 9.17) is 5.73 Å². The normalized spacial score (nSPS) is 11.0. The fraction of sp³-hybridized carbons (Fsp3) is 0.545. The van der Waals surface area contributed by atoms with Crippen molar-refractivity contribution in [2.45, 2.75) is 31.7 Å². The van der Waals surface area contributed by atoms with E-state index >= 15 is 0 Å². The molecular weight excluding hydrogens is 192 g/mol. The number of nitrogens with zero attached hydrogens (tertiary/aromatic N) is 1. The van der Waals surface area contributed by atoms with E-state index in [1.165, 1.54) is 0 Å². The molecule has 0 aromatic carbocycles. The van der Waals surface area contributed by atoms with Gasteiger partial charge in [0.1, 0.15) is 6.29 Å². The fourth-order valence-electron chi connectivity index (χ4n) is 0.619. The van der Waals surface area contributed by atoms with Crippen LogP contribution in [0.2, 0.25) is 0 Å². The molecule has 0 aromatic rings. The van der Waals surface area contributed by atoms with Gasteiger partial charge in [0.2, 0.25) is 5.91 Å². The van der Waals surface area contributed by atoms with E-state index < -0.39 is 11.9 Å². The summed E-state index contributed by atoms with van der Waals surface area (Å²) < 4.78 is 0. The summed E-state index contributed by atoms with van der Waals surface area (Å²) in [6, 6.07) is -0.575. The summed E-state index contributed by atoms with van der Waals surface area (Å²) in [5, 5.41) is 3.87. The van der Waals surface area contributed by atoms with E-state index in [9.17, 15) is 9.59 Å². The predicted molar refractivity (Wildman–Crippen MR) is 61.8 cm³/mol. The highest BCUT2D eigenvalue weighted by Crippen LogP contribution is 2.02. The Morgan fingerprint density at radius 3 is 2.27 bits per heavy atom. The number of aldehydes is 1. The molecule has 0 bridgehead atoms. The van der Waals surface area contributed by atoms with Crippen molar-refractivity contribution in [3.05, 3.63) is 26.1 Å². The van der Waals surface area contributed by atoms with Crippen molar-refractivity contribution in [3.8, 4) is 0 Å². The van der Waals surface area contributed by atoms with Crippen LogP contribution in [-0.2, 0) is 9.59 Å². The molecule has 15 heavy (non-hydrogen) atoms. The van der Waals surface area contributed by atoms with Gasteiger partial charge in [-0.3, -0.25) is 4.79 Å². The second-order valence-electron chi connectivity index (χ2n) is 2.84. The van der Waals surface area contributed by atoms with Gasteiger partial charge < -0.3 is 22.8 Å². The number of carbonyl (C=O) groups excluding carboxylic acids is 2. The number of primary amides is 1. The van der Waals surface area contributed by atoms with Gasteiger partial charge in [-0.2, -0.15) is 0 Å². The molecule has 0 rings (SSSR count). The highest BCUT2D eigenvalue weighted by Gasteiger charge is 1.99. The first-order valence-electron chi connectivity index (χ1n) is 4.90. The van der Waals surface area contributed by atoms with Gasteiger partial charge in [-0.05, 0) is 0 Å². The molecule has 4 nitrogen and oxygen atoms in total. The van der Waals surface area contributed by atoms with Gasteiger partial charge in [0, 0.05) is 6.42 Å². The SMILES string of the molecule is [CH2+]CC[CH2-].[CH2+]CC[N-][C@@H](C=O)CC(N)=O. The first kappa shape index (κ1) is 16.3. The lowest BCUT2D eigenvalue weighted by Gasteiger charge is -2.22. The van der Waals surface area contributed by atoms with E-state index in [2.05, 4.69) is 26.1 Å². The second kappa shape index (κ2) is 12.8. The molecule has 0 spiro atoms. The first-order chi connectivity index (χ1) is 7.12. The smallest absolute Gasteiger partial charge is 0.216 e. The zero-order chi connectivity index (χ0) is 12.1. The Kier molecular flexibility index (Phi) is 13.9. The summed E-state index contributed by atoms with van der Waals surface area (Å²) in [5.41, 5.74) is 4.87. The number of nitrogens with two attached hydrogens (primary N) is 1. The summed E-state index contributed by atoms with van der Waals surface area (Å²) >= 11 is 0. The van der Waals surface area contributed by atoms with E-state index in [0.717, 1.165) is 12.8 Å². The number of hydrogen-bond acceptors (Lipinski definition) is 2. The van der Waals surface area contributed by atoms with Crippen LogP contribution in [0.5, 0.6) is 0 Å². The van der Waals surface area contributed by atoms with Crippen molar-refractivity contribution in [2.75, 3.05) is 6.54 Å². The van der Waals surface area contributed by atoms with Crippen molar-refractivity contribution in [1.29, 1.82) is 0 Å². The van der Waals surface area contributed by atoms with Crippen LogP contribution in [0, 0.1) is 20.8 Å². The van der Waals surface area contributed by atoms with Gasteiger partial charge >= 0.3 is 0 Å². The number of hydrogen-bond donors (Lipinski definition) is 1. The standard InChI is InChI=1S/C7H12N2O2.C4H8/c1-2-3-9-6(5-10)4-7(8)11;1-3-4-2/h5-6H,1-4H2,(H2,8,11);1-4H2/t6-;/m1./s1. The molecule has 0 saturated heterocycles. The third-order valence-corrected chi connectivity index (χ3v) is 1.34. The lowest BCUT2D eigenvalue weighted by atomic mass is 10.2. The molecule has 4 heteroatoms. The third-order valence-electron chi connectivity index (χ3n) is 1.34. The van der Waals surface area contributed by atoms with E-state index in [1.807, 2.05) is 0 Å².